The number of hydrogen-bond acceptors (Lipinski definition) is 1. The first-order valence-corrected chi connectivity index (χ1v) is 4.02. The summed E-state index contributed by atoms with van der Waals surface area (Å²) in [4.78, 5) is 4.16. The highest BCUT2D eigenvalue weighted by Gasteiger charge is 1.92. The van der Waals surface area contributed by atoms with Gasteiger partial charge in [-0.05, 0) is 31.9 Å². The van der Waals surface area contributed by atoms with Crippen molar-refractivity contribution in [3.63, 3.8) is 0 Å². The molecule has 0 atom stereocenters. The van der Waals surface area contributed by atoms with Gasteiger partial charge in [-0.3, -0.25) is 4.99 Å². The maximum absolute atomic E-state index is 4.16. The summed E-state index contributed by atoms with van der Waals surface area (Å²) in [6, 6.07) is 0. The van der Waals surface area contributed by atoms with Crippen LogP contribution in [-0.2, 0) is 0 Å². The molecule has 0 rings (SSSR count). The Balaban J connectivity index is 4.32. The minimum Gasteiger partial charge on any atom is -0.288 e. The number of rotatable bonds is 3. The molecular weight excluding hydrogens is 134 g/mol. The maximum atomic E-state index is 4.16. The van der Waals surface area contributed by atoms with E-state index >= 15 is 0 Å². The van der Waals surface area contributed by atoms with E-state index in [-0.39, 0.29) is 0 Å². The molecule has 0 unspecified atom stereocenters. The summed E-state index contributed by atoms with van der Waals surface area (Å²) in [6.45, 7) is 6.22. The molecule has 0 saturated carbocycles. The molecule has 0 aromatic rings. The molecule has 0 spiro atoms. The molecular formula is C10H17N. The quantitative estimate of drug-likeness (QED) is 0.550. The lowest BCUT2D eigenvalue weighted by molar-refractivity contribution is 1.22. The van der Waals surface area contributed by atoms with Gasteiger partial charge in [-0.1, -0.05) is 19.1 Å². The topological polar surface area (TPSA) is 12.4 Å². The molecule has 0 N–H and O–H groups in total. The lowest BCUT2D eigenvalue weighted by atomic mass is 10.1. The van der Waals surface area contributed by atoms with Crippen molar-refractivity contribution >= 4 is 5.71 Å². The molecule has 0 bridgehead atoms. The Morgan fingerprint density at radius 2 is 2.09 bits per heavy atom. The van der Waals surface area contributed by atoms with Gasteiger partial charge in [0.1, 0.15) is 0 Å². The summed E-state index contributed by atoms with van der Waals surface area (Å²) in [7, 11) is 1.82. The van der Waals surface area contributed by atoms with E-state index in [1.807, 2.05) is 14.0 Å². The lowest BCUT2D eigenvalue weighted by Crippen LogP contribution is -1.94. The van der Waals surface area contributed by atoms with Crippen LogP contribution >= 0.6 is 0 Å². The van der Waals surface area contributed by atoms with Crippen LogP contribution in [0.3, 0.4) is 0 Å². The molecule has 1 heteroatoms. The van der Waals surface area contributed by atoms with Gasteiger partial charge in [0, 0.05) is 7.05 Å². The Hall–Kier alpha value is -0.850. The van der Waals surface area contributed by atoms with Gasteiger partial charge < -0.3 is 0 Å². The second-order valence-corrected chi connectivity index (χ2v) is 2.39. The summed E-state index contributed by atoms with van der Waals surface area (Å²) in [6.07, 6.45) is 7.32. The van der Waals surface area contributed by atoms with Crippen molar-refractivity contribution in [1.29, 1.82) is 0 Å². The molecule has 0 saturated heterocycles. The Bertz CT molecular complexity index is 185. The minimum absolute atomic E-state index is 1.07. The third kappa shape index (κ3) is 3.76. The largest absolute Gasteiger partial charge is 0.288 e. The third-order valence-corrected chi connectivity index (χ3v) is 1.59. The van der Waals surface area contributed by atoms with Crippen LogP contribution in [0, 0.1) is 0 Å². The molecule has 0 aliphatic carbocycles. The molecule has 0 aliphatic rings. The molecule has 0 radical (unpaired) electrons. The number of nitrogens with zero attached hydrogens (tertiary/aromatic N) is 1. The SMILES string of the molecule is C/C=C(/C)C(/C=C\CC)=NC. The molecule has 62 valence electrons. The number of hydrogen-bond donors (Lipinski definition) is 0. The first-order chi connectivity index (χ1) is 5.26. The van der Waals surface area contributed by atoms with E-state index in [1.54, 1.807) is 0 Å². The Labute approximate surface area is 69.5 Å². The summed E-state index contributed by atoms with van der Waals surface area (Å²) < 4.78 is 0. The Morgan fingerprint density at radius 1 is 1.45 bits per heavy atom. The van der Waals surface area contributed by atoms with Crippen molar-refractivity contribution in [2.24, 2.45) is 4.99 Å². The molecule has 1 nitrogen and oxygen atoms in total. The number of allylic oxidation sites excluding steroid dienone is 4. The van der Waals surface area contributed by atoms with Gasteiger partial charge in [-0.25, -0.2) is 0 Å². The van der Waals surface area contributed by atoms with Gasteiger partial charge in [0.05, 0.1) is 5.71 Å². The van der Waals surface area contributed by atoms with Crippen LogP contribution < -0.4 is 0 Å². The maximum Gasteiger partial charge on any atom is 0.0593 e. The first kappa shape index (κ1) is 10.2. The fourth-order valence-electron chi connectivity index (χ4n) is 0.760. The van der Waals surface area contributed by atoms with E-state index in [1.165, 1.54) is 5.57 Å². The highest BCUT2D eigenvalue weighted by atomic mass is 14.7. The van der Waals surface area contributed by atoms with Crippen LogP contribution in [0.15, 0.2) is 28.8 Å². The first-order valence-electron chi connectivity index (χ1n) is 4.02. The van der Waals surface area contributed by atoms with Gasteiger partial charge in [-0.2, -0.15) is 0 Å². The average Bonchev–Trinajstić information content (AvgIpc) is 2.05. The third-order valence-electron chi connectivity index (χ3n) is 1.59. The highest BCUT2D eigenvalue weighted by Crippen LogP contribution is 1.98. The smallest absolute Gasteiger partial charge is 0.0593 e. The van der Waals surface area contributed by atoms with Crippen LogP contribution in [-0.4, -0.2) is 12.8 Å². The van der Waals surface area contributed by atoms with E-state index in [4.69, 9.17) is 0 Å². The average molecular weight is 151 g/mol. The monoisotopic (exact) mass is 151 g/mol. The van der Waals surface area contributed by atoms with Crippen molar-refractivity contribution in [1.82, 2.24) is 0 Å². The minimum atomic E-state index is 1.07. The van der Waals surface area contributed by atoms with Gasteiger partial charge in [0.25, 0.3) is 0 Å². The van der Waals surface area contributed by atoms with Crippen LogP contribution in [0.25, 0.3) is 0 Å². The zero-order valence-corrected chi connectivity index (χ0v) is 7.89. The number of aliphatic imine (C=N–C) groups is 1. The van der Waals surface area contributed by atoms with Crippen molar-refractivity contribution in [3.05, 3.63) is 23.8 Å². The second-order valence-electron chi connectivity index (χ2n) is 2.39. The fraction of sp³-hybridized carbons (Fsp3) is 0.500. The van der Waals surface area contributed by atoms with E-state index < -0.39 is 0 Å². The van der Waals surface area contributed by atoms with Crippen molar-refractivity contribution in [2.75, 3.05) is 7.05 Å². The van der Waals surface area contributed by atoms with Crippen molar-refractivity contribution in [3.8, 4) is 0 Å². The predicted molar refractivity (Wildman–Crippen MR) is 52.2 cm³/mol. The van der Waals surface area contributed by atoms with Gasteiger partial charge in [0.2, 0.25) is 0 Å². The molecule has 0 aliphatic heterocycles. The molecule has 0 fully saturated rings. The zero-order chi connectivity index (χ0) is 8.69. The van der Waals surface area contributed by atoms with E-state index in [9.17, 15) is 0 Å². The molecule has 0 aromatic heterocycles. The van der Waals surface area contributed by atoms with E-state index in [0.717, 1.165) is 12.1 Å². The fourth-order valence-corrected chi connectivity index (χ4v) is 0.760. The summed E-state index contributed by atoms with van der Waals surface area (Å²) in [5, 5.41) is 0. The van der Waals surface area contributed by atoms with Gasteiger partial charge in [0.15, 0.2) is 0 Å². The Kier molecular flexibility index (Phi) is 5.44. The molecule has 11 heavy (non-hydrogen) atoms. The van der Waals surface area contributed by atoms with Gasteiger partial charge >= 0.3 is 0 Å². The van der Waals surface area contributed by atoms with Crippen molar-refractivity contribution < 1.29 is 0 Å². The van der Waals surface area contributed by atoms with Crippen molar-refractivity contribution in [2.45, 2.75) is 27.2 Å². The highest BCUT2D eigenvalue weighted by molar-refractivity contribution is 6.07. The van der Waals surface area contributed by atoms with E-state index in [2.05, 4.69) is 37.1 Å². The van der Waals surface area contributed by atoms with Crippen LogP contribution in [0.1, 0.15) is 27.2 Å². The molecule has 0 heterocycles. The standard InChI is InChI=1S/C10H17N/c1-5-7-8-10(11-4)9(3)6-2/h6-8H,5H2,1-4H3/b8-7-,9-6-,11-10?. The lowest BCUT2D eigenvalue weighted by Gasteiger charge is -1.97. The zero-order valence-electron chi connectivity index (χ0n) is 7.89. The summed E-state index contributed by atoms with van der Waals surface area (Å²) in [5.41, 5.74) is 2.31. The summed E-state index contributed by atoms with van der Waals surface area (Å²) >= 11 is 0. The Morgan fingerprint density at radius 3 is 2.45 bits per heavy atom. The van der Waals surface area contributed by atoms with Crippen LogP contribution in [0.5, 0.6) is 0 Å². The summed E-state index contributed by atoms with van der Waals surface area (Å²) in [5.74, 6) is 0. The van der Waals surface area contributed by atoms with E-state index in [0.29, 0.717) is 0 Å². The van der Waals surface area contributed by atoms with Crippen LogP contribution in [0.2, 0.25) is 0 Å². The molecule has 0 aromatic carbocycles. The second kappa shape index (κ2) is 5.90. The van der Waals surface area contributed by atoms with Gasteiger partial charge in [-0.15, -0.1) is 0 Å². The predicted octanol–water partition coefficient (Wildman–Crippen LogP) is 2.99. The van der Waals surface area contributed by atoms with Crippen LogP contribution in [0.4, 0.5) is 0 Å². The molecule has 0 amide bonds. The normalized spacial score (nSPS) is 14.5.